The summed E-state index contributed by atoms with van der Waals surface area (Å²) in [6.45, 7) is 4.49. The first kappa shape index (κ1) is 16.0. The van der Waals surface area contributed by atoms with E-state index in [1.54, 1.807) is 11.3 Å². The van der Waals surface area contributed by atoms with Gasteiger partial charge in [0, 0.05) is 5.56 Å². The number of hydrogen-bond donors (Lipinski definition) is 0. The third-order valence-electron chi connectivity index (χ3n) is 3.37. The predicted molar refractivity (Wildman–Crippen MR) is 96.9 cm³/mol. The third kappa shape index (κ3) is 3.74. The normalized spacial score (nSPS) is 12.3. The SMILES string of the molecule is CCOc1ccc(C(=O)[C@@H](C)Sc2nc3ccccc3s2)cc1. The van der Waals surface area contributed by atoms with Crippen molar-refractivity contribution in [1.29, 1.82) is 0 Å². The summed E-state index contributed by atoms with van der Waals surface area (Å²) in [6.07, 6.45) is 0. The van der Waals surface area contributed by atoms with Crippen LogP contribution in [0.1, 0.15) is 24.2 Å². The topological polar surface area (TPSA) is 39.2 Å². The minimum absolute atomic E-state index is 0.109. The number of rotatable bonds is 6. The summed E-state index contributed by atoms with van der Waals surface area (Å²) in [5.74, 6) is 0.896. The fraction of sp³-hybridized carbons (Fsp3) is 0.222. The van der Waals surface area contributed by atoms with Crippen LogP contribution >= 0.6 is 23.1 Å². The molecule has 23 heavy (non-hydrogen) atoms. The van der Waals surface area contributed by atoms with E-state index in [1.165, 1.54) is 11.8 Å². The Morgan fingerprint density at radius 1 is 1.22 bits per heavy atom. The second kappa shape index (κ2) is 7.15. The number of Topliss-reactive ketones (excluding diaryl/α,β-unsaturated/α-hetero) is 1. The van der Waals surface area contributed by atoms with Crippen molar-refractivity contribution in [3.05, 3.63) is 54.1 Å². The van der Waals surface area contributed by atoms with Crippen molar-refractivity contribution < 1.29 is 9.53 Å². The minimum Gasteiger partial charge on any atom is -0.494 e. The smallest absolute Gasteiger partial charge is 0.175 e. The average molecular weight is 343 g/mol. The number of thioether (sulfide) groups is 1. The van der Waals surface area contributed by atoms with Crippen LogP contribution < -0.4 is 4.74 Å². The van der Waals surface area contributed by atoms with Crippen LogP contribution in [0, 0.1) is 0 Å². The molecule has 0 radical (unpaired) electrons. The molecule has 0 fully saturated rings. The molecule has 0 spiro atoms. The second-order valence-corrected chi connectivity index (χ2v) is 7.65. The number of para-hydroxylation sites is 1. The van der Waals surface area contributed by atoms with E-state index in [9.17, 15) is 4.79 Å². The summed E-state index contributed by atoms with van der Waals surface area (Å²) in [4.78, 5) is 17.1. The van der Waals surface area contributed by atoms with E-state index in [2.05, 4.69) is 11.1 Å². The average Bonchev–Trinajstić information content (AvgIpc) is 2.97. The molecule has 0 aliphatic carbocycles. The number of carbonyl (C=O) groups is 1. The monoisotopic (exact) mass is 343 g/mol. The van der Waals surface area contributed by atoms with Crippen LogP contribution in [0.4, 0.5) is 0 Å². The Kier molecular flexibility index (Phi) is 4.98. The number of carbonyl (C=O) groups excluding carboxylic acids is 1. The van der Waals surface area contributed by atoms with Gasteiger partial charge in [-0.05, 0) is 50.2 Å². The summed E-state index contributed by atoms with van der Waals surface area (Å²) in [5.41, 5.74) is 1.69. The van der Waals surface area contributed by atoms with Crippen molar-refractivity contribution in [2.45, 2.75) is 23.4 Å². The van der Waals surface area contributed by atoms with Crippen molar-refractivity contribution in [3.63, 3.8) is 0 Å². The van der Waals surface area contributed by atoms with E-state index in [0.717, 1.165) is 20.3 Å². The molecule has 0 saturated heterocycles. The fourth-order valence-corrected chi connectivity index (χ4v) is 4.51. The Morgan fingerprint density at radius 2 is 1.96 bits per heavy atom. The molecular weight excluding hydrogens is 326 g/mol. The van der Waals surface area contributed by atoms with Crippen LogP contribution in [0.5, 0.6) is 5.75 Å². The number of ketones is 1. The maximum absolute atomic E-state index is 12.5. The van der Waals surface area contributed by atoms with E-state index in [4.69, 9.17) is 4.74 Å². The summed E-state index contributed by atoms with van der Waals surface area (Å²) in [7, 11) is 0. The molecule has 1 heterocycles. The first-order chi connectivity index (χ1) is 11.2. The zero-order valence-corrected chi connectivity index (χ0v) is 14.6. The number of nitrogens with zero attached hydrogens (tertiary/aromatic N) is 1. The van der Waals surface area contributed by atoms with Gasteiger partial charge in [0.2, 0.25) is 0 Å². The van der Waals surface area contributed by atoms with Gasteiger partial charge < -0.3 is 4.74 Å². The van der Waals surface area contributed by atoms with Crippen molar-refractivity contribution in [2.75, 3.05) is 6.61 Å². The number of benzene rings is 2. The Morgan fingerprint density at radius 3 is 2.65 bits per heavy atom. The molecule has 0 unspecified atom stereocenters. The summed E-state index contributed by atoms with van der Waals surface area (Å²) >= 11 is 3.14. The summed E-state index contributed by atoms with van der Waals surface area (Å²) < 4.78 is 7.48. The van der Waals surface area contributed by atoms with E-state index >= 15 is 0 Å². The molecule has 0 saturated carbocycles. The number of thiazole rings is 1. The number of fused-ring (bicyclic) bond motifs is 1. The van der Waals surface area contributed by atoms with Crippen LogP contribution in [0.25, 0.3) is 10.2 Å². The molecule has 5 heteroatoms. The van der Waals surface area contributed by atoms with E-state index in [0.29, 0.717) is 12.2 Å². The van der Waals surface area contributed by atoms with Crippen molar-refractivity contribution in [1.82, 2.24) is 4.98 Å². The Bertz CT molecular complexity index is 778. The molecule has 3 aromatic rings. The second-order valence-electron chi connectivity index (χ2n) is 5.03. The van der Waals surface area contributed by atoms with Crippen molar-refractivity contribution >= 4 is 39.1 Å². The first-order valence-corrected chi connectivity index (χ1v) is 9.16. The largest absolute Gasteiger partial charge is 0.494 e. The van der Waals surface area contributed by atoms with Gasteiger partial charge in [0.25, 0.3) is 0 Å². The van der Waals surface area contributed by atoms with Gasteiger partial charge in [-0.3, -0.25) is 4.79 Å². The summed E-state index contributed by atoms with van der Waals surface area (Å²) in [5, 5.41) is -0.173. The van der Waals surface area contributed by atoms with Crippen LogP contribution in [-0.4, -0.2) is 22.6 Å². The lowest BCUT2D eigenvalue weighted by molar-refractivity contribution is 0.0994. The molecule has 3 rings (SSSR count). The van der Waals surface area contributed by atoms with Crippen LogP contribution in [0.3, 0.4) is 0 Å². The third-order valence-corrected chi connectivity index (χ3v) is 5.60. The Hall–Kier alpha value is -1.85. The van der Waals surface area contributed by atoms with Crippen LogP contribution in [0.2, 0.25) is 0 Å². The summed E-state index contributed by atoms with van der Waals surface area (Å²) in [6, 6.07) is 15.3. The Balaban J connectivity index is 1.71. The molecule has 1 aromatic heterocycles. The highest BCUT2D eigenvalue weighted by atomic mass is 32.2. The van der Waals surface area contributed by atoms with Crippen molar-refractivity contribution in [2.24, 2.45) is 0 Å². The van der Waals surface area contributed by atoms with Crippen LogP contribution in [0.15, 0.2) is 52.9 Å². The lowest BCUT2D eigenvalue weighted by Gasteiger charge is -2.09. The number of aromatic nitrogens is 1. The van der Waals surface area contributed by atoms with Gasteiger partial charge in [0.05, 0.1) is 22.1 Å². The molecule has 0 aliphatic rings. The maximum Gasteiger partial charge on any atom is 0.175 e. The van der Waals surface area contributed by atoms with Gasteiger partial charge in [-0.15, -0.1) is 11.3 Å². The predicted octanol–water partition coefficient (Wildman–Crippen LogP) is 5.06. The first-order valence-electron chi connectivity index (χ1n) is 7.46. The fourth-order valence-electron chi connectivity index (χ4n) is 2.22. The van der Waals surface area contributed by atoms with Crippen molar-refractivity contribution in [3.8, 4) is 5.75 Å². The van der Waals surface area contributed by atoms with E-state index < -0.39 is 0 Å². The molecule has 2 aromatic carbocycles. The lowest BCUT2D eigenvalue weighted by atomic mass is 10.1. The van der Waals surface area contributed by atoms with Gasteiger partial charge in [0.15, 0.2) is 10.1 Å². The Labute approximate surface area is 143 Å². The van der Waals surface area contributed by atoms with Crippen LogP contribution in [-0.2, 0) is 0 Å². The maximum atomic E-state index is 12.5. The van der Waals surface area contributed by atoms with Gasteiger partial charge in [-0.25, -0.2) is 4.98 Å². The number of ether oxygens (including phenoxy) is 1. The molecule has 0 bridgehead atoms. The zero-order valence-electron chi connectivity index (χ0n) is 13.0. The van der Waals surface area contributed by atoms with Gasteiger partial charge in [0.1, 0.15) is 5.75 Å². The van der Waals surface area contributed by atoms with Gasteiger partial charge in [-0.1, -0.05) is 23.9 Å². The van der Waals surface area contributed by atoms with Gasteiger partial charge in [-0.2, -0.15) is 0 Å². The highest BCUT2D eigenvalue weighted by Crippen LogP contribution is 2.33. The quantitative estimate of drug-likeness (QED) is 0.463. The van der Waals surface area contributed by atoms with E-state index in [1.807, 2.05) is 56.3 Å². The van der Waals surface area contributed by atoms with Gasteiger partial charge >= 0.3 is 0 Å². The molecule has 0 N–H and O–H groups in total. The molecule has 0 aliphatic heterocycles. The zero-order chi connectivity index (χ0) is 16.2. The molecule has 118 valence electrons. The molecular formula is C18H17NO2S2. The standard InChI is InChI=1S/C18H17NO2S2/c1-3-21-14-10-8-13(9-11-14)17(20)12(2)22-18-19-15-6-4-5-7-16(15)23-18/h4-12H,3H2,1-2H3/t12-/m1/s1. The minimum atomic E-state index is -0.173. The number of hydrogen-bond acceptors (Lipinski definition) is 5. The molecule has 3 nitrogen and oxygen atoms in total. The molecule has 1 atom stereocenters. The molecule has 0 amide bonds. The lowest BCUT2D eigenvalue weighted by Crippen LogP contribution is -2.13. The highest BCUT2D eigenvalue weighted by molar-refractivity contribution is 8.02. The highest BCUT2D eigenvalue weighted by Gasteiger charge is 2.18. The van der Waals surface area contributed by atoms with E-state index in [-0.39, 0.29) is 11.0 Å².